The molecular weight excluding hydrogens is 760 g/mol. The summed E-state index contributed by atoms with van der Waals surface area (Å²) < 4.78 is 18.3. The third-order valence-electron chi connectivity index (χ3n) is 12.9. The molecule has 0 bridgehead atoms. The molecule has 0 aliphatic heterocycles. The average Bonchev–Trinajstić information content (AvgIpc) is 3.72. The summed E-state index contributed by atoms with van der Waals surface area (Å²) in [6.45, 7) is 0. The van der Waals surface area contributed by atoms with Crippen LogP contribution in [0.3, 0.4) is 0 Å². The first-order valence-corrected chi connectivity index (χ1v) is 22.5. The number of fused-ring (bicyclic) bond motifs is 14. The molecule has 0 atom stereocenters. The molecule has 13 aromatic rings. The number of rotatable bonds is 4. The van der Waals surface area contributed by atoms with Gasteiger partial charge in [-0.1, -0.05) is 158 Å². The van der Waals surface area contributed by atoms with Gasteiger partial charge in [0.1, 0.15) is 5.65 Å². The van der Waals surface area contributed by atoms with Crippen LogP contribution in [-0.2, 0) is 4.57 Å². The molecule has 0 unspecified atom stereocenters. The fourth-order valence-electron chi connectivity index (χ4n) is 9.85. The highest BCUT2D eigenvalue weighted by Crippen LogP contribution is 2.45. The van der Waals surface area contributed by atoms with Gasteiger partial charge in [-0.2, -0.15) is 0 Å². The number of pyridine rings is 1. The van der Waals surface area contributed by atoms with E-state index in [1.165, 1.54) is 26.9 Å². The minimum Gasteiger partial charge on any atom is -0.309 e. The zero-order valence-electron chi connectivity index (χ0n) is 33.0. The normalized spacial score (nSPS) is 12.3. The Balaban J connectivity index is 0.961. The molecule has 3 nitrogen and oxygen atoms in total. The maximum absolute atomic E-state index is 16.0. The molecule has 11 aromatic carbocycles. The molecule has 0 fully saturated rings. The summed E-state index contributed by atoms with van der Waals surface area (Å²) in [5.74, 6) is 0. The highest BCUT2D eigenvalue weighted by Gasteiger charge is 2.31. The average molecular weight is 795 g/mol. The number of imidazole rings is 1. The predicted octanol–water partition coefficient (Wildman–Crippen LogP) is 13.9. The second-order valence-electron chi connectivity index (χ2n) is 16.3. The van der Waals surface area contributed by atoms with Gasteiger partial charge in [-0.25, -0.2) is 4.98 Å². The summed E-state index contributed by atoms with van der Waals surface area (Å²) in [5, 5.41) is 17.5. The van der Waals surface area contributed by atoms with E-state index in [9.17, 15) is 0 Å². The van der Waals surface area contributed by atoms with Gasteiger partial charge >= 0.3 is 0 Å². The van der Waals surface area contributed by atoms with Crippen molar-refractivity contribution in [1.82, 2.24) is 9.38 Å². The first-order valence-electron chi connectivity index (χ1n) is 20.8. The lowest BCUT2D eigenvalue weighted by atomic mass is 9.95. The number of hydrogen-bond acceptors (Lipinski definition) is 2. The quantitative estimate of drug-likeness (QED) is 0.101. The van der Waals surface area contributed by atoms with Gasteiger partial charge in [-0.3, -0.25) is 4.40 Å². The van der Waals surface area contributed by atoms with Gasteiger partial charge in [0.05, 0.1) is 16.6 Å². The Kier molecular flexibility index (Phi) is 7.29. The molecule has 0 aliphatic carbocycles. The van der Waals surface area contributed by atoms with Gasteiger partial charge in [0.2, 0.25) is 0 Å². The van der Waals surface area contributed by atoms with E-state index in [2.05, 4.69) is 192 Å². The number of aromatic nitrogens is 2. The van der Waals surface area contributed by atoms with E-state index in [-0.39, 0.29) is 0 Å². The summed E-state index contributed by atoms with van der Waals surface area (Å²) in [4.78, 5) is 5.20. The molecule has 61 heavy (non-hydrogen) atoms. The number of nitrogens with zero attached hydrogens (tertiary/aromatic N) is 2. The molecule has 4 heteroatoms. The molecule has 0 amide bonds. The molecule has 13 rings (SSSR count). The lowest BCUT2D eigenvalue weighted by Gasteiger charge is -2.22. The van der Waals surface area contributed by atoms with Crippen LogP contribution >= 0.6 is 7.14 Å². The van der Waals surface area contributed by atoms with Crippen molar-refractivity contribution < 1.29 is 4.57 Å². The highest BCUT2D eigenvalue weighted by atomic mass is 31.2. The first kappa shape index (κ1) is 34.3. The van der Waals surface area contributed by atoms with Crippen LogP contribution in [0.1, 0.15) is 0 Å². The number of para-hydroxylation sites is 2. The molecule has 2 heterocycles. The summed E-state index contributed by atoms with van der Waals surface area (Å²) in [7, 11) is -3.28. The lowest BCUT2D eigenvalue weighted by molar-refractivity contribution is 0.592. The van der Waals surface area contributed by atoms with Crippen LogP contribution in [0.4, 0.5) is 0 Å². The lowest BCUT2D eigenvalue weighted by Crippen LogP contribution is -2.25. The van der Waals surface area contributed by atoms with Gasteiger partial charge in [0.25, 0.3) is 0 Å². The van der Waals surface area contributed by atoms with E-state index in [1.54, 1.807) is 0 Å². The van der Waals surface area contributed by atoms with Crippen LogP contribution in [0, 0.1) is 0 Å². The van der Waals surface area contributed by atoms with Crippen LogP contribution in [-0.4, -0.2) is 9.38 Å². The van der Waals surface area contributed by atoms with Crippen molar-refractivity contribution in [2.45, 2.75) is 0 Å². The smallest absolute Gasteiger partial charge is 0.171 e. The second-order valence-corrected chi connectivity index (χ2v) is 19.1. The van der Waals surface area contributed by atoms with E-state index >= 15 is 4.57 Å². The monoisotopic (exact) mass is 794 g/mol. The molecule has 2 aromatic heterocycles. The highest BCUT2D eigenvalue weighted by molar-refractivity contribution is 7.85. The second kappa shape index (κ2) is 13.0. The van der Waals surface area contributed by atoms with Crippen molar-refractivity contribution in [3.63, 3.8) is 0 Å². The third kappa shape index (κ3) is 5.18. The van der Waals surface area contributed by atoms with Crippen LogP contribution in [0.5, 0.6) is 0 Å². The Morgan fingerprint density at radius 3 is 1.44 bits per heavy atom. The van der Waals surface area contributed by atoms with Crippen LogP contribution in [0.25, 0.3) is 103 Å². The zero-order valence-corrected chi connectivity index (χ0v) is 33.9. The molecule has 0 saturated carbocycles. The van der Waals surface area contributed by atoms with Crippen molar-refractivity contribution in [2.24, 2.45) is 0 Å². The summed E-state index contributed by atoms with van der Waals surface area (Å²) in [6.07, 6.45) is 0. The maximum atomic E-state index is 16.0. The summed E-state index contributed by atoms with van der Waals surface area (Å²) in [5.41, 5.74) is 6.50. The Labute approximate surface area is 351 Å². The fourth-order valence-corrected chi connectivity index (χ4v) is 12.6. The fraction of sp³-hybridized carbons (Fsp3) is 0. The molecular formula is C57H35N2OP. The van der Waals surface area contributed by atoms with Gasteiger partial charge < -0.3 is 4.57 Å². The minimum atomic E-state index is -3.28. The van der Waals surface area contributed by atoms with Crippen molar-refractivity contribution in [3.8, 4) is 11.1 Å². The Morgan fingerprint density at radius 1 is 0.328 bits per heavy atom. The van der Waals surface area contributed by atoms with Gasteiger partial charge in [-0.15, -0.1) is 0 Å². The van der Waals surface area contributed by atoms with E-state index in [0.717, 1.165) is 92.3 Å². The SMILES string of the molecule is O=P(c1ccc2ccccc2c1)(c1ccc2ccccc2c1)c1ccc2c(ccc3cc(-c4ccc5c6cc7ccccc7cc6c6nc7ccccc7n6c5c4)ccc32)c1. The van der Waals surface area contributed by atoms with Crippen molar-refractivity contribution in [2.75, 3.05) is 0 Å². The Hall–Kier alpha value is -7.58. The zero-order chi connectivity index (χ0) is 40.2. The van der Waals surface area contributed by atoms with E-state index in [0.29, 0.717) is 0 Å². The maximum Gasteiger partial charge on any atom is 0.171 e. The predicted molar refractivity (Wildman–Crippen MR) is 260 cm³/mol. The molecule has 0 saturated heterocycles. The minimum absolute atomic E-state index is 0.830. The van der Waals surface area contributed by atoms with Crippen LogP contribution in [0.15, 0.2) is 212 Å². The van der Waals surface area contributed by atoms with Gasteiger partial charge in [0, 0.05) is 26.7 Å². The van der Waals surface area contributed by atoms with Crippen molar-refractivity contribution in [1.29, 1.82) is 0 Å². The Bertz CT molecular complexity index is 3970. The number of hydrogen-bond donors (Lipinski definition) is 0. The third-order valence-corrected chi connectivity index (χ3v) is 15.9. The van der Waals surface area contributed by atoms with E-state index < -0.39 is 7.14 Å². The Morgan fingerprint density at radius 2 is 0.787 bits per heavy atom. The standard InChI is InChI=1S/C57H35N2OP/c60-61(46-23-19-36-9-1-3-11-38(36)30-46,47-24-20-37-10-2-4-12-39(37)31-47)48-25-28-50-45(32-48)18-17-44-29-42(21-26-49(44)50)43-22-27-51-52-33-40-13-5-6-14-41(40)34-53(52)57-58-54-15-7-8-16-55(54)59(57)56(51)35-43/h1-35H. The summed E-state index contributed by atoms with van der Waals surface area (Å²) >= 11 is 0. The van der Waals surface area contributed by atoms with Crippen molar-refractivity contribution >= 4 is 115 Å². The summed E-state index contributed by atoms with van der Waals surface area (Å²) in [6, 6.07) is 75.3. The molecule has 0 radical (unpaired) electrons. The molecule has 0 spiro atoms. The van der Waals surface area contributed by atoms with Gasteiger partial charge in [0.15, 0.2) is 7.14 Å². The van der Waals surface area contributed by atoms with Crippen molar-refractivity contribution in [3.05, 3.63) is 212 Å². The molecule has 284 valence electrons. The van der Waals surface area contributed by atoms with E-state index in [1.807, 2.05) is 24.3 Å². The largest absolute Gasteiger partial charge is 0.309 e. The molecule has 0 aliphatic rings. The molecule has 0 N–H and O–H groups in total. The van der Waals surface area contributed by atoms with Crippen LogP contribution < -0.4 is 15.9 Å². The first-order chi connectivity index (χ1) is 30.1. The van der Waals surface area contributed by atoms with Gasteiger partial charge in [-0.05, 0) is 125 Å². The van der Waals surface area contributed by atoms with E-state index in [4.69, 9.17) is 4.98 Å². The van der Waals surface area contributed by atoms with Crippen LogP contribution in [0.2, 0.25) is 0 Å². The number of benzene rings is 11. The topological polar surface area (TPSA) is 34.4 Å².